The van der Waals surface area contributed by atoms with Crippen molar-refractivity contribution in [3.8, 4) is 16.3 Å². The summed E-state index contributed by atoms with van der Waals surface area (Å²) in [6.45, 7) is 5.72. The summed E-state index contributed by atoms with van der Waals surface area (Å²) in [6.07, 6.45) is 2.36. The molecule has 1 aliphatic heterocycles. The first-order valence-electron chi connectivity index (χ1n) is 7.65. The van der Waals surface area contributed by atoms with E-state index in [1.54, 1.807) is 0 Å². The van der Waals surface area contributed by atoms with E-state index in [2.05, 4.69) is 4.98 Å². The van der Waals surface area contributed by atoms with E-state index < -0.39 is 0 Å². The lowest BCUT2D eigenvalue weighted by Crippen LogP contribution is -2.27. The Hall–Kier alpha value is -1.88. The zero-order valence-corrected chi connectivity index (χ0v) is 13.7. The highest BCUT2D eigenvalue weighted by atomic mass is 32.1. The van der Waals surface area contributed by atoms with Crippen molar-refractivity contribution in [3.05, 3.63) is 35.3 Å². The predicted octanol–water partition coefficient (Wildman–Crippen LogP) is 3.83. The van der Waals surface area contributed by atoms with Crippen molar-refractivity contribution in [1.29, 1.82) is 0 Å². The normalized spacial score (nSPS) is 14.6. The van der Waals surface area contributed by atoms with Gasteiger partial charge in [0.25, 0.3) is 5.91 Å². The average molecular weight is 316 g/mol. The van der Waals surface area contributed by atoms with Crippen LogP contribution in [0.3, 0.4) is 0 Å². The van der Waals surface area contributed by atoms with Gasteiger partial charge in [0.1, 0.15) is 16.5 Å². The van der Waals surface area contributed by atoms with Gasteiger partial charge in [0, 0.05) is 24.0 Å². The predicted molar refractivity (Wildman–Crippen MR) is 88.5 cm³/mol. The number of amides is 1. The summed E-state index contributed by atoms with van der Waals surface area (Å²) < 4.78 is 5.64. The van der Waals surface area contributed by atoms with Crippen LogP contribution in [0.4, 0.5) is 0 Å². The van der Waals surface area contributed by atoms with E-state index in [9.17, 15) is 4.79 Å². The third-order valence-electron chi connectivity index (χ3n) is 3.59. The van der Waals surface area contributed by atoms with Gasteiger partial charge >= 0.3 is 0 Å². The highest BCUT2D eigenvalue weighted by Crippen LogP contribution is 2.27. The fourth-order valence-electron chi connectivity index (χ4n) is 2.54. The van der Waals surface area contributed by atoms with Crippen molar-refractivity contribution in [1.82, 2.24) is 9.88 Å². The van der Waals surface area contributed by atoms with Crippen molar-refractivity contribution in [2.24, 2.45) is 0 Å². The lowest BCUT2D eigenvalue weighted by atomic mass is 10.2. The monoisotopic (exact) mass is 316 g/mol. The zero-order valence-electron chi connectivity index (χ0n) is 12.9. The van der Waals surface area contributed by atoms with Crippen molar-refractivity contribution in [3.63, 3.8) is 0 Å². The molecule has 1 saturated heterocycles. The number of likely N-dealkylation sites (tertiary alicyclic amines) is 1. The number of nitrogens with zero attached hydrogens (tertiary/aromatic N) is 2. The lowest BCUT2D eigenvalue weighted by molar-refractivity contribution is 0.0788. The number of hydrogen-bond donors (Lipinski definition) is 0. The Morgan fingerprint density at radius 2 is 1.91 bits per heavy atom. The van der Waals surface area contributed by atoms with Crippen LogP contribution in [0, 0.1) is 0 Å². The molecule has 0 unspecified atom stereocenters. The Kier molecular flexibility index (Phi) is 4.43. The van der Waals surface area contributed by atoms with Crippen LogP contribution in [0.25, 0.3) is 10.6 Å². The van der Waals surface area contributed by atoms with Gasteiger partial charge in [-0.25, -0.2) is 4.98 Å². The highest BCUT2D eigenvalue weighted by Gasteiger charge is 2.21. The topological polar surface area (TPSA) is 42.4 Å². The van der Waals surface area contributed by atoms with Gasteiger partial charge in [-0.3, -0.25) is 4.79 Å². The van der Waals surface area contributed by atoms with Gasteiger partial charge in [0.2, 0.25) is 0 Å². The number of carbonyl (C=O) groups is 1. The van der Waals surface area contributed by atoms with E-state index in [1.807, 2.05) is 48.4 Å². The second kappa shape index (κ2) is 6.48. The Labute approximate surface area is 134 Å². The van der Waals surface area contributed by atoms with Gasteiger partial charge in [-0.15, -0.1) is 11.3 Å². The molecular formula is C17H20N2O2S. The molecule has 1 aromatic carbocycles. The Bertz CT molecular complexity index is 643. The molecule has 0 spiro atoms. The van der Waals surface area contributed by atoms with E-state index >= 15 is 0 Å². The number of hydrogen-bond acceptors (Lipinski definition) is 4. The van der Waals surface area contributed by atoms with Gasteiger partial charge in [-0.1, -0.05) is 0 Å². The SMILES string of the molecule is CC(C)Oc1ccc(-c2nc(C(=O)N3CCCC3)cs2)cc1. The minimum absolute atomic E-state index is 0.0553. The smallest absolute Gasteiger partial charge is 0.273 e. The number of benzene rings is 1. The molecule has 0 saturated carbocycles. The van der Waals surface area contributed by atoms with Crippen LogP contribution in [0.15, 0.2) is 29.6 Å². The van der Waals surface area contributed by atoms with E-state index in [4.69, 9.17) is 4.74 Å². The van der Waals surface area contributed by atoms with Crippen LogP contribution < -0.4 is 4.74 Å². The van der Waals surface area contributed by atoms with Gasteiger partial charge in [0.05, 0.1) is 6.10 Å². The van der Waals surface area contributed by atoms with Gasteiger partial charge < -0.3 is 9.64 Å². The van der Waals surface area contributed by atoms with Crippen molar-refractivity contribution < 1.29 is 9.53 Å². The molecule has 2 aromatic rings. The molecule has 0 atom stereocenters. The number of rotatable bonds is 4. The summed E-state index contributed by atoms with van der Waals surface area (Å²) in [6, 6.07) is 7.86. The molecule has 4 nitrogen and oxygen atoms in total. The number of aromatic nitrogens is 1. The summed E-state index contributed by atoms with van der Waals surface area (Å²) >= 11 is 1.51. The van der Waals surface area contributed by atoms with Crippen LogP contribution in [0.2, 0.25) is 0 Å². The van der Waals surface area contributed by atoms with E-state index in [1.165, 1.54) is 11.3 Å². The number of ether oxygens (including phenoxy) is 1. The largest absolute Gasteiger partial charge is 0.491 e. The first-order valence-corrected chi connectivity index (χ1v) is 8.53. The van der Waals surface area contributed by atoms with Crippen LogP contribution in [-0.4, -0.2) is 35.0 Å². The summed E-state index contributed by atoms with van der Waals surface area (Å²) in [5.74, 6) is 0.906. The second-order valence-electron chi connectivity index (χ2n) is 5.73. The van der Waals surface area contributed by atoms with Crippen molar-refractivity contribution >= 4 is 17.2 Å². The molecule has 22 heavy (non-hydrogen) atoms. The van der Waals surface area contributed by atoms with Gasteiger partial charge in [-0.05, 0) is 51.0 Å². The van der Waals surface area contributed by atoms with Gasteiger partial charge in [-0.2, -0.15) is 0 Å². The molecule has 1 amide bonds. The first-order chi connectivity index (χ1) is 10.6. The van der Waals surface area contributed by atoms with Crippen LogP contribution in [-0.2, 0) is 0 Å². The van der Waals surface area contributed by atoms with Crippen LogP contribution >= 0.6 is 11.3 Å². The Morgan fingerprint density at radius 3 is 2.55 bits per heavy atom. The maximum Gasteiger partial charge on any atom is 0.273 e. The molecule has 116 valence electrons. The summed E-state index contributed by atoms with van der Waals surface area (Å²) in [4.78, 5) is 18.7. The zero-order chi connectivity index (χ0) is 15.5. The molecule has 2 heterocycles. The van der Waals surface area contributed by atoms with Gasteiger partial charge in [0.15, 0.2) is 0 Å². The second-order valence-corrected chi connectivity index (χ2v) is 6.59. The molecule has 0 radical (unpaired) electrons. The first kappa shape index (κ1) is 15.0. The van der Waals surface area contributed by atoms with Crippen LogP contribution in [0.1, 0.15) is 37.2 Å². The molecule has 1 aromatic heterocycles. The third kappa shape index (κ3) is 3.30. The molecule has 3 rings (SSSR count). The standard InChI is InChI=1S/C17H20N2O2S/c1-12(2)21-14-7-5-13(6-8-14)16-18-15(11-22-16)17(20)19-9-3-4-10-19/h5-8,11-12H,3-4,9-10H2,1-2H3. The quantitative estimate of drug-likeness (QED) is 0.861. The molecule has 0 aliphatic carbocycles. The van der Waals surface area contributed by atoms with Crippen molar-refractivity contribution in [2.45, 2.75) is 32.8 Å². The third-order valence-corrected chi connectivity index (χ3v) is 4.48. The Balaban J connectivity index is 1.74. The maximum absolute atomic E-state index is 12.3. The molecule has 0 N–H and O–H groups in total. The minimum Gasteiger partial charge on any atom is -0.491 e. The minimum atomic E-state index is 0.0553. The van der Waals surface area contributed by atoms with Crippen LogP contribution in [0.5, 0.6) is 5.75 Å². The molecule has 5 heteroatoms. The van der Waals surface area contributed by atoms with E-state index in [0.717, 1.165) is 42.3 Å². The molecule has 1 fully saturated rings. The van der Waals surface area contributed by atoms with E-state index in [0.29, 0.717) is 5.69 Å². The maximum atomic E-state index is 12.3. The average Bonchev–Trinajstić information content (AvgIpc) is 3.19. The fraction of sp³-hybridized carbons (Fsp3) is 0.412. The molecule has 1 aliphatic rings. The van der Waals surface area contributed by atoms with Crippen molar-refractivity contribution in [2.75, 3.05) is 13.1 Å². The molecule has 0 bridgehead atoms. The molecular weight excluding hydrogens is 296 g/mol. The number of thiazole rings is 1. The fourth-order valence-corrected chi connectivity index (χ4v) is 3.34. The lowest BCUT2D eigenvalue weighted by Gasteiger charge is -2.12. The number of carbonyl (C=O) groups excluding carboxylic acids is 1. The summed E-state index contributed by atoms with van der Waals surface area (Å²) in [5.41, 5.74) is 1.57. The summed E-state index contributed by atoms with van der Waals surface area (Å²) in [7, 11) is 0. The Morgan fingerprint density at radius 1 is 1.23 bits per heavy atom. The highest BCUT2D eigenvalue weighted by molar-refractivity contribution is 7.13. The summed E-state index contributed by atoms with van der Waals surface area (Å²) in [5, 5.41) is 2.73. The van der Waals surface area contributed by atoms with E-state index in [-0.39, 0.29) is 12.0 Å².